The van der Waals surface area contributed by atoms with Crippen LogP contribution >= 0.6 is 0 Å². The van der Waals surface area contributed by atoms with Crippen molar-refractivity contribution in [1.29, 1.82) is 0 Å². The van der Waals surface area contributed by atoms with Gasteiger partial charge >= 0.3 is 0 Å². The van der Waals surface area contributed by atoms with Crippen LogP contribution in [0.1, 0.15) is 12.0 Å². The summed E-state index contributed by atoms with van der Waals surface area (Å²) in [6.45, 7) is -0.177. The molecule has 0 aliphatic heterocycles. The van der Waals surface area contributed by atoms with Gasteiger partial charge in [0, 0.05) is 0 Å². The molecule has 0 bridgehead atoms. The Morgan fingerprint density at radius 2 is 2.21 bits per heavy atom. The fourth-order valence-corrected chi connectivity index (χ4v) is 1.25. The van der Waals surface area contributed by atoms with Crippen molar-refractivity contribution in [3.8, 4) is 5.75 Å². The van der Waals surface area contributed by atoms with Gasteiger partial charge in [-0.05, 0) is 30.5 Å². The van der Waals surface area contributed by atoms with Crippen LogP contribution in [0.15, 0.2) is 24.3 Å². The normalized spacial score (nSPS) is 12.5. The van der Waals surface area contributed by atoms with E-state index in [2.05, 4.69) is 0 Å². The Labute approximate surface area is 84.0 Å². The monoisotopic (exact) mass is 196 g/mol. The number of rotatable bonds is 5. The molecule has 14 heavy (non-hydrogen) atoms. The SMILES string of the molecule is COc1cccc(CCC(O)CO)c1. The molecule has 3 nitrogen and oxygen atoms in total. The lowest BCUT2D eigenvalue weighted by Crippen LogP contribution is -2.12. The summed E-state index contributed by atoms with van der Waals surface area (Å²) in [6.07, 6.45) is 0.698. The summed E-state index contributed by atoms with van der Waals surface area (Å²) in [5.41, 5.74) is 1.11. The zero-order chi connectivity index (χ0) is 10.4. The maximum Gasteiger partial charge on any atom is 0.119 e. The highest BCUT2D eigenvalue weighted by Gasteiger charge is 2.02. The Balaban J connectivity index is 2.50. The molecule has 0 saturated carbocycles. The van der Waals surface area contributed by atoms with Crippen LogP contribution < -0.4 is 4.74 Å². The van der Waals surface area contributed by atoms with Crippen molar-refractivity contribution in [3.05, 3.63) is 29.8 Å². The van der Waals surface area contributed by atoms with Crippen LogP contribution in [-0.2, 0) is 6.42 Å². The van der Waals surface area contributed by atoms with Gasteiger partial charge in [0.1, 0.15) is 5.75 Å². The van der Waals surface area contributed by atoms with Crippen molar-refractivity contribution in [2.24, 2.45) is 0 Å². The van der Waals surface area contributed by atoms with Gasteiger partial charge in [-0.25, -0.2) is 0 Å². The average molecular weight is 196 g/mol. The topological polar surface area (TPSA) is 49.7 Å². The molecule has 2 N–H and O–H groups in total. The molecule has 0 aliphatic carbocycles. The number of aryl methyl sites for hydroxylation is 1. The fourth-order valence-electron chi connectivity index (χ4n) is 1.25. The van der Waals surface area contributed by atoms with Gasteiger partial charge in [0.15, 0.2) is 0 Å². The van der Waals surface area contributed by atoms with E-state index in [1.165, 1.54) is 0 Å². The number of ether oxygens (including phenoxy) is 1. The molecule has 0 saturated heterocycles. The highest BCUT2D eigenvalue weighted by atomic mass is 16.5. The lowest BCUT2D eigenvalue weighted by atomic mass is 10.1. The predicted octanol–water partition coefficient (Wildman–Crippen LogP) is 0.981. The molecule has 0 aliphatic rings. The minimum absolute atomic E-state index is 0.177. The first-order valence-corrected chi connectivity index (χ1v) is 4.68. The molecule has 1 aromatic carbocycles. The van der Waals surface area contributed by atoms with Crippen LogP contribution in [-0.4, -0.2) is 30.0 Å². The van der Waals surface area contributed by atoms with Gasteiger partial charge in [-0.1, -0.05) is 12.1 Å². The van der Waals surface area contributed by atoms with E-state index in [1.807, 2.05) is 24.3 Å². The second-order valence-electron chi connectivity index (χ2n) is 3.23. The van der Waals surface area contributed by atoms with E-state index < -0.39 is 6.10 Å². The van der Waals surface area contributed by atoms with Gasteiger partial charge in [-0.15, -0.1) is 0 Å². The van der Waals surface area contributed by atoms with E-state index in [4.69, 9.17) is 14.9 Å². The lowest BCUT2D eigenvalue weighted by molar-refractivity contribution is 0.0885. The molecular formula is C11H16O3. The third kappa shape index (κ3) is 3.36. The zero-order valence-corrected chi connectivity index (χ0v) is 8.31. The average Bonchev–Trinajstić information content (AvgIpc) is 2.26. The quantitative estimate of drug-likeness (QED) is 0.738. The van der Waals surface area contributed by atoms with E-state index >= 15 is 0 Å². The maximum atomic E-state index is 9.16. The molecule has 0 amide bonds. The Morgan fingerprint density at radius 1 is 1.43 bits per heavy atom. The molecule has 3 heteroatoms. The molecule has 1 unspecified atom stereocenters. The Hall–Kier alpha value is -1.06. The van der Waals surface area contributed by atoms with Gasteiger partial charge in [0.25, 0.3) is 0 Å². The van der Waals surface area contributed by atoms with Crippen LogP contribution in [0.3, 0.4) is 0 Å². The first-order valence-electron chi connectivity index (χ1n) is 4.68. The third-order valence-corrected chi connectivity index (χ3v) is 2.11. The van der Waals surface area contributed by atoms with E-state index in [0.29, 0.717) is 6.42 Å². The fraction of sp³-hybridized carbons (Fsp3) is 0.455. The zero-order valence-electron chi connectivity index (χ0n) is 8.31. The number of benzene rings is 1. The Morgan fingerprint density at radius 3 is 2.86 bits per heavy atom. The summed E-state index contributed by atoms with van der Waals surface area (Å²) in [4.78, 5) is 0. The molecule has 78 valence electrons. The van der Waals surface area contributed by atoms with Gasteiger partial charge in [0.2, 0.25) is 0 Å². The van der Waals surface area contributed by atoms with E-state index in [1.54, 1.807) is 7.11 Å². The highest BCUT2D eigenvalue weighted by Crippen LogP contribution is 2.14. The van der Waals surface area contributed by atoms with Crippen LogP contribution in [0.25, 0.3) is 0 Å². The first-order chi connectivity index (χ1) is 6.76. The summed E-state index contributed by atoms with van der Waals surface area (Å²) in [5.74, 6) is 0.820. The number of aliphatic hydroxyl groups excluding tert-OH is 2. The Kier molecular flexibility index (Phi) is 4.43. The van der Waals surface area contributed by atoms with Crippen molar-refractivity contribution in [3.63, 3.8) is 0 Å². The number of aliphatic hydroxyl groups is 2. The second kappa shape index (κ2) is 5.62. The summed E-state index contributed by atoms with van der Waals surface area (Å²) < 4.78 is 5.08. The Bertz CT molecular complexity index is 273. The van der Waals surface area contributed by atoms with Gasteiger partial charge in [0.05, 0.1) is 19.8 Å². The standard InChI is InChI=1S/C11H16O3/c1-14-11-4-2-3-9(7-11)5-6-10(13)8-12/h2-4,7,10,12-13H,5-6,8H2,1H3. The summed E-state index contributed by atoms with van der Waals surface area (Å²) in [7, 11) is 1.63. The van der Waals surface area contributed by atoms with E-state index in [0.717, 1.165) is 17.7 Å². The molecule has 1 rings (SSSR count). The van der Waals surface area contributed by atoms with Crippen LogP contribution in [0, 0.1) is 0 Å². The largest absolute Gasteiger partial charge is 0.497 e. The predicted molar refractivity (Wildman–Crippen MR) is 54.4 cm³/mol. The summed E-state index contributed by atoms with van der Waals surface area (Å²) >= 11 is 0. The van der Waals surface area contributed by atoms with Crippen LogP contribution in [0.2, 0.25) is 0 Å². The first kappa shape index (κ1) is 11.0. The van der Waals surface area contributed by atoms with E-state index in [9.17, 15) is 0 Å². The van der Waals surface area contributed by atoms with Crippen molar-refractivity contribution in [1.82, 2.24) is 0 Å². The second-order valence-corrected chi connectivity index (χ2v) is 3.23. The van der Waals surface area contributed by atoms with Gasteiger partial charge in [-0.2, -0.15) is 0 Å². The smallest absolute Gasteiger partial charge is 0.119 e. The molecule has 0 spiro atoms. The van der Waals surface area contributed by atoms with Gasteiger partial charge < -0.3 is 14.9 Å². The molecule has 0 heterocycles. The van der Waals surface area contributed by atoms with Crippen molar-refractivity contribution < 1.29 is 14.9 Å². The molecular weight excluding hydrogens is 180 g/mol. The molecule has 1 atom stereocenters. The van der Waals surface area contributed by atoms with Crippen LogP contribution in [0.5, 0.6) is 5.75 Å². The number of hydrogen-bond acceptors (Lipinski definition) is 3. The lowest BCUT2D eigenvalue weighted by Gasteiger charge is -2.07. The van der Waals surface area contributed by atoms with E-state index in [-0.39, 0.29) is 6.61 Å². The molecule has 1 aromatic rings. The maximum absolute atomic E-state index is 9.16. The van der Waals surface area contributed by atoms with Crippen molar-refractivity contribution in [2.45, 2.75) is 18.9 Å². The van der Waals surface area contributed by atoms with Gasteiger partial charge in [-0.3, -0.25) is 0 Å². The van der Waals surface area contributed by atoms with Crippen molar-refractivity contribution >= 4 is 0 Å². The van der Waals surface area contributed by atoms with Crippen molar-refractivity contribution in [2.75, 3.05) is 13.7 Å². The number of methoxy groups -OCH3 is 1. The molecule has 0 radical (unpaired) electrons. The molecule has 0 fully saturated rings. The summed E-state index contributed by atoms with van der Waals surface area (Å²) in [6, 6.07) is 7.71. The highest BCUT2D eigenvalue weighted by molar-refractivity contribution is 5.28. The van der Waals surface area contributed by atoms with Crippen LogP contribution in [0.4, 0.5) is 0 Å². The number of hydrogen-bond donors (Lipinski definition) is 2. The summed E-state index contributed by atoms with van der Waals surface area (Å²) in [5, 5.41) is 17.8. The third-order valence-electron chi connectivity index (χ3n) is 2.11. The minimum atomic E-state index is -0.624. The minimum Gasteiger partial charge on any atom is -0.497 e. The molecule has 0 aromatic heterocycles.